The van der Waals surface area contributed by atoms with Crippen molar-refractivity contribution in [2.24, 2.45) is 0 Å². The molecule has 1 aromatic rings. The maximum absolute atomic E-state index is 4.38. The van der Waals surface area contributed by atoms with Crippen LogP contribution < -0.4 is 10.2 Å². The van der Waals surface area contributed by atoms with Crippen molar-refractivity contribution < 1.29 is 0 Å². The van der Waals surface area contributed by atoms with Gasteiger partial charge in [-0.1, -0.05) is 0 Å². The van der Waals surface area contributed by atoms with E-state index in [1.165, 1.54) is 31.6 Å². The van der Waals surface area contributed by atoms with Crippen LogP contribution in [0.1, 0.15) is 18.5 Å². The highest BCUT2D eigenvalue weighted by Crippen LogP contribution is 2.28. The van der Waals surface area contributed by atoms with Crippen LogP contribution in [0.25, 0.3) is 0 Å². The second-order valence-electron chi connectivity index (χ2n) is 5.29. The summed E-state index contributed by atoms with van der Waals surface area (Å²) in [5, 5.41) is 3.16. The lowest BCUT2D eigenvalue weighted by Crippen LogP contribution is -2.47. The van der Waals surface area contributed by atoms with Gasteiger partial charge in [0.15, 0.2) is 0 Å². The van der Waals surface area contributed by atoms with Gasteiger partial charge in [-0.15, -0.1) is 0 Å². The zero-order chi connectivity index (χ0) is 12.4. The van der Waals surface area contributed by atoms with Crippen LogP contribution in [0, 0.1) is 0 Å². The van der Waals surface area contributed by atoms with Gasteiger partial charge in [0.25, 0.3) is 0 Å². The third kappa shape index (κ3) is 2.65. The topological polar surface area (TPSA) is 31.4 Å². The third-order valence-electron chi connectivity index (χ3n) is 3.90. The molecule has 0 amide bonds. The molecule has 18 heavy (non-hydrogen) atoms. The van der Waals surface area contributed by atoms with Crippen LogP contribution in [-0.4, -0.2) is 49.2 Å². The molecule has 1 aliphatic carbocycles. The number of nitrogens with zero attached hydrogens (tertiary/aromatic N) is 3. The van der Waals surface area contributed by atoms with E-state index in [1.54, 1.807) is 0 Å². The van der Waals surface area contributed by atoms with Gasteiger partial charge in [-0.2, -0.15) is 0 Å². The van der Waals surface area contributed by atoms with Gasteiger partial charge in [0.2, 0.25) is 0 Å². The predicted octanol–water partition coefficient (Wildman–Crippen LogP) is 1.09. The first-order valence-electron chi connectivity index (χ1n) is 6.95. The van der Waals surface area contributed by atoms with Crippen LogP contribution >= 0.6 is 0 Å². The second kappa shape index (κ2) is 5.24. The minimum Gasteiger partial charge on any atom is -0.369 e. The summed E-state index contributed by atoms with van der Waals surface area (Å²) in [5.74, 6) is 0. The number of nitrogens with one attached hydrogen (secondary N) is 1. The van der Waals surface area contributed by atoms with Gasteiger partial charge in [0, 0.05) is 50.6 Å². The molecule has 0 aromatic carbocycles. The van der Waals surface area contributed by atoms with Crippen LogP contribution in [0.3, 0.4) is 0 Å². The van der Waals surface area contributed by atoms with Crippen molar-refractivity contribution in [3.05, 3.63) is 24.0 Å². The highest BCUT2D eigenvalue weighted by Gasteiger charge is 2.31. The summed E-state index contributed by atoms with van der Waals surface area (Å²) in [6, 6.07) is 5.25. The standard InChI is InChI=1S/C14H22N4/c1-15-11-12-10-14(4-5-16-12)18-8-6-17(7-9-18)13-2-3-13/h4-5,10,13,15H,2-3,6-9,11H2,1H3. The Bertz CT molecular complexity index is 395. The first kappa shape index (κ1) is 11.9. The fourth-order valence-corrected chi connectivity index (χ4v) is 2.72. The molecule has 0 bridgehead atoms. The van der Waals surface area contributed by atoms with Gasteiger partial charge in [0.1, 0.15) is 0 Å². The van der Waals surface area contributed by atoms with E-state index in [9.17, 15) is 0 Å². The van der Waals surface area contributed by atoms with Gasteiger partial charge in [0.05, 0.1) is 5.69 Å². The minimum atomic E-state index is 0.843. The zero-order valence-electron chi connectivity index (χ0n) is 11.1. The fourth-order valence-electron chi connectivity index (χ4n) is 2.72. The van der Waals surface area contributed by atoms with E-state index in [1.807, 2.05) is 13.2 Å². The van der Waals surface area contributed by atoms with Crippen molar-refractivity contribution in [2.75, 3.05) is 38.1 Å². The Kier molecular flexibility index (Phi) is 3.48. The Hall–Kier alpha value is -1.13. The highest BCUT2D eigenvalue weighted by molar-refractivity contribution is 5.47. The number of hydrogen-bond donors (Lipinski definition) is 1. The smallest absolute Gasteiger partial charge is 0.0562 e. The molecule has 4 nitrogen and oxygen atoms in total. The van der Waals surface area contributed by atoms with Crippen LogP contribution in [0.5, 0.6) is 0 Å². The molecule has 1 aliphatic heterocycles. The lowest BCUT2D eigenvalue weighted by atomic mass is 10.2. The first-order chi connectivity index (χ1) is 8.86. The summed E-state index contributed by atoms with van der Waals surface area (Å²) in [4.78, 5) is 9.51. The van der Waals surface area contributed by atoms with Crippen molar-refractivity contribution in [1.82, 2.24) is 15.2 Å². The molecule has 3 rings (SSSR count). The normalized spacial score (nSPS) is 21.3. The lowest BCUT2D eigenvalue weighted by molar-refractivity contribution is 0.248. The molecule has 2 heterocycles. The minimum absolute atomic E-state index is 0.843. The molecule has 0 radical (unpaired) electrons. The number of aromatic nitrogens is 1. The summed E-state index contributed by atoms with van der Waals surface area (Å²) < 4.78 is 0. The fraction of sp³-hybridized carbons (Fsp3) is 0.643. The molecular formula is C14H22N4. The number of pyridine rings is 1. The van der Waals surface area contributed by atoms with Crippen molar-refractivity contribution >= 4 is 5.69 Å². The van der Waals surface area contributed by atoms with E-state index in [2.05, 4.69) is 32.2 Å². The number of rotatable bonds is 4. The lowest BCUT2D eigenvalue weighted by Gasteiger charge is -2.36. The van der Waals surface area contributed by atoms with Gasteiger partial charge in [-0.25, -0.2) is 0 Å². The second-order valence-corrected chi connectivity index (χ2v) is 5.29. The zero-order valence-corrected chi connectivity index (χ0v) is 11.1. The molecule has 98 valence electrons. The van der Waals surface area contributed by atoms with Crippen molar-refractivity contribution in [3.8, 4) is 0 Å². The Balaban J connectivity index is 1.62. The van der Waals surface area contributed by atoms with E-state index in [-0.39, 0.29) is 0 Å². The summed E-state index contributed by atoms with van der Waals surface area (Å²) in [6.45, 7) is 5.58. The Morgan fingerprint density at radius 1 is 1.28 bits per heavy atom. The molecule has 2 aliphatic rings. The Morgan fingerprint density at radius 2 is 2.06 bits per heavy atom. The molecule has 1 saturated heterocycles. The molecular weight excluding hydrogens is 224 g/mol. The third-order valence-corrected chi connectivity index (χ3v) is 3.90. The number of anilines is 1. The van der Waals surface area contributed by atoms with Crippen LogP contribution in [0.15, 0.2) is 18.3 Å². The summed E-state index contributed by atoms with van der Waals surface area (Å²) >= 11 is 0. The highest BCUT2D eigenvalue weighted by atomic mass is 15.3. The van der Waals surface area contributed by atoms with Crippen molar-refractivity contribution in [1.29, 1.82) is 0 Å². The van der Waals surface area contributed by atoms with Gasteiger partial charge in [-0.05, 0) is 32.0 Å². The molecule has 0 unspecified atom stereocenters. The average molecular weight is 246 g/mol. The van der Waals surface area contributed by atoms with E-state index < -0.39 is 0 Å². The molecule has 2 fully saturated rings. The van der Waals surface area contributed by atoms with E-state index >= 15 is 0 Å². The van der Waals surface area contributed by atoms with Crippen LogP contribution in [0.4, 0.5) is 5.69 Å². The Morgan fingerprint density at radius 3 is 2.72 bits per heavy atom. The molecule has 0 atom stereocenters. The molecule has 1 saturated carbocycles. The summed E-state index contributed by atoms with van der Waals surface area (Å²) in [6.07, 6.45) is 4.76. The van der Waals surface area contributed by atoms with Crippen molar-refractivity contribution in [3.63, 3.8) is 0 Å². The van der Waals surface area contributed by atoms with Crippen LogP contribution in [-0.2, 0) is 6.54 Å². The van der Waals surface area contributed by atoms with E-state index in [0.717, 1.165) is 31.4 Å². The quantitative estimate of drug-likeness (QED) is 0.861. The summed E-state index contributed by atoms with van der Waals surface area (Å²) in [5.41, 5.74) is 2.45. The van der Waals surface area contributed by atoms with Gasteiger partial charge < -0.3 is 10.2 Å². The monoisotopic (exact) mass is 246 g/mol. The maximum Gasteiger partial charge on any atom is 0.0562 e. The SMILES string of the molecule is CNCc1cc(N2CCN(C3CC3)CC2)ccn1. The molecule has 1 aromatic heterocycles. The number of hydrogen-bond acceptors (Lipinski definition) is 4. The largest absolute Gasteiger partial charge is 0.369 e. The van der Waals surface area contributed by atoms with E-state index in [4.69, 9.17) is 0 Å². The summed E-state index contributed by atoms with van der Waals surface area (Å²) in [7, 11) is 1.96. The van der Waals surface area contributed by atoms with Crippen LogP contribution in [0.2, 0.25) is 0 Å². The average Bonchev–Trinajstić information content (AvgIpc) is 3.24. The molecule has 0 spiro atoms. The number of piperazine rings is 1. The molecule has 4 heteroatoms. The predicted molar refractivity (Wildman–Crippen MR) is 73.8 cm³/mol. The van der Waals surface area contributed by atoms with Crippen molar-refractivity contribution in [2.45, 2.75) is 25.4 Å². The molecule has 1 N–H and O–H groups in total. The maximum atomic E-state index is 4.38. The van der Waals surface area contributed by atoms with Gasteiger partial charge in [-0.3, -0.25) is 9.88 Å². The van der Waals surface area contributed by atoms with Gasteiger partial charge >= 0.3 is 0 Å². The van der Waals surface area contributed by atoms with E-state index in [0.29, 0.717) is 0 Å². The Labute approximate surface area is 109 Å². The first-order valence-corrected chi connectivity index (χ1v) is 6.95.